The molecule has 0 amide bonds. The Balaban J connectivity index is 1.59. The van der Waals surface area contributed by atoms with E-state index in [0.29, 0.717) is 88.9 Å². The molecule has 1 aliphatic rings. The molecule has 0 bridgehead atoms. The second kappa shape index (κ2) is 22.1. The average Bonchev–Trinajstić information content (AvgIpc) is 3.22. The fourth-order valence-electron chi connectivity index (χ4n) is 6.60. The van der Waals surface area contributed by atoms with E-state index in [9.17, 15) is 0 Å². The van der Waals surface area contributed by atoms with Gasteiger partial charge in [-0.1, -0.05) is 131 Å². The van der Waals surface area contributed by atoms with E-state index in [1.807, 2.05) is 30.3 Å². The summed E-state index contributed by atoms with van der Waals surface area (Å²) in [6.07, 6.45) is 0. The van der Waals surface area contributed by atoms with Crippen LogP contribution in [-0.2, 0) is 40.6 Å². The lowest BCUT2D eigenvalue weighted by molar-refractivity contribution is -0.00841. The van der Waals surface area contributed by atoms with Gasteiger partial charge in [0.15, 0.2) is 11.5 Å². The van der Waals surface area contributed by atoms with E-state index < -0.39 is 0 Å². The first-order chi connectivity index (χ1) is 30.2. The Kier molecular flexibility index (Phi) is 17.2. The zero-order chi connectivity index (χ0) is 46.5. The minimum absolute atomic E-state index is 0.0367. The summed E-state index contributed by atoms with van der Waals surface area (Å²) in [7, 11) is 1.66. The Bertz CT molecular complexity index is 2330. The van der Waals surface area contributed by atoms with Crippen LogP contribution in [0, 0.1) is 35.5 Å². The third kappa shape index (κ3) is 15.2. The Labute approximate surface area is 384 Å². The SMILES string of the molecule is COc1cc(C#Cc2cc(C(C)(C)C)cc(C(C)(C)C)c2)c(C#Cc2cc(C(C)(C)C)cc(C(C)(C)C)c2)cc1C#Cc1ccc2c(c1)OCCOCCOCCOCCOCCO2. The van der Waals surface area contributed by atoms with Gasteiger partial charge in [0.1, 0.15) is 19.0 Å². The van der Waals surface area contributed by atoms with Crippen LogP contribution in [0.1, 0.15) is 139 Å². The monoisotopic (exact) mass is 867 g/mol. The van der Waals surface area contributed by atoms with Crippen molar-refractivity contribution in [3.8, 4) is 52.8 Å². The topological polar surface area (TPSA) is 64.6 Å². The molecule has 0 radical (unpaired) electrons. The van der Waals surface area contributed by atoms with Crippen molar-refractivity contribution in [2.24, 2.45) is 0 Å². The second-order valence-electron chi connectivity index (χ2n) is 20.3. The maximum atomic E-state index is 6.18. The highest BCUT2D eigenvalue weighted by atomic mass is 16.6. The smallest absolute Gasteiger partial charge is 0.162 e. The summed E-state index contributed by atoms with van der Waals surface area (Å²) in [5.41, 5.74) is 9.69. The molecular weight excluding hydrogens is 797 g/mol. The predicted octanol–water partition coefficient (Wildman–Crippen LogP) is 10.9. The molecule has 0 saturated heterocycles. The Morgan fingerprint density at radius 3 is 1.12 bits per heavy atom. The van der Waals surface area contributed by atoms with Crippen LogP contribution in [0.15, 0.2) is 66.7 Å². The molecule has 0 saturated carbocycles. The van der Waals surface area contributed by atoms with Crippen molar-refractivity contribution in [2.45, 2.75) is 105 Å². The molecule has 7 nitrogen and oxygen atoms in total. The van der Waals surface area contributed by atoms with Gasteiger partial charge in [-0.2, -0.15) is 0 Å². The fraction of sp³-hybridized carbons (Fsp3) is 0.474. The third-order valence-corrected chi connectivity index (χ3v) is 10.7. The van der Waals surface area contributed by atoms with Gasteiger partial charge in [0.25, 0.3) is 0 Å². The Morgan fingerprint density at radius 1 is 0.359 bits per heavy atom. The van der Waals surface area contributed by atoms with Gasteiger partial charge in [0.05, 0.1) is 65.5 Å². The van der Waals surface area contributed by atoms with Crippen LogP contribution in [0.2, 0.25) is 0 Å². The van der Waals surface area contributed by atoms with Gasteiger partial charge in [-0.05, 0) is 98.5 Å². The number of methoxy groups -OCH3 is 1. The Hall–Kier alpha value is -5.20. The molecule has 5 rings (SSSR count). The molecule has 0 atom stereocenters. The summed E-state index contributed by atoms with van der Waals surface area (Å²) in [5.74, 6) is 22.6. The van der Waals surface area contributed by atoms with Crippen LogP contribution < -0.4 is 14.2 Å². The summed E-state index contributed by atoms with van der Waals surface area (Å²) in [6.45, 7) is 31.3. The van der Waals surface area contributed by atoms with E-state index >= 15 is 0 Å². The zero-order valence-corrected chi connectivity index (χ0v) is 40.8. The number of hydrogen-bond acceptors (Lipinski definition) is 7. The standard InChI is InChI=1S/C57H70O7/c1-54(2,3)47-32-42(33-48(39-47)55(4,5)6)15-18-44-37-46(52(58-13)38-45(44)19-16-43-34-49(56(7,8)9)40-50(35-43)57(10,11)12)20-14-41-17-21-51-53(36-41)64-31-29-62-27-25-60-23-22-59-24-26-61-28-30-63-51/h17,21,32-40H,22-31H2,1-13H3. The van der Waals surface area contributed by atoms with Crippen molar-refractivity contribution in [1.29, 1.82) is 0 Å². The molecule has 0 fully saturated rings. The number of benzene rings is 4. The Morgan fingerprint density at radius 2 is 0.719 bits per heavy atom. The zero-order valence-electron chi connectivity index (χ0n) is 40.8. The molecule has 0 unspecified atom stereocenters. The number of hydrogen-bond donors (Lipinski definition) is 0. The first kappa shape index (κ1) is 49.8. The van der Waals surface area contributed by atoms with Crippen LogP contribution in [0.4, 0.5) is 0 Å². The minimum atomic E-state index is -0.0434. The molecule has 0 aliphatic carbocycles. The van der Waals surface area contributed by atoms with Crippen molar-refractivity contribution in [1.82, 2.24) is 0 Å². The number of rotatable bonds is 1. The summed E-state index contributed by atoms with van der Waals surface area (Å²) < 4.78 is 40.8. The largest absolute Gasteiger partial charge is 0.495 e. The first-order valence-corrected chi connectivity index (χ1v) is 22.5. The molecule has 1 heterocycles. The van der Waals surface area contributed by atoms with E-state index in [4.69, 9.17) is 33.2 Å². The van der Waals surface area contributed by atoms with Crippen LogP contribution in [-0.4, -0.2) is 73.2 Å². The molecule has 7 heteroatoms. The summed E-state index contributed by atoms with van der Waals surface area (Å²) in [5, 5.41) is 0. The third-order valence-electron chi connectivity index (χ3n) is 10.7. The van der Waals surface area contributed by atoms with Crippen LogP contribution in [0.5, 0.6) is 17.2 Å². The highest BCUT2D eigenvalue weighted by molar-refractivity contribution is 5.63. The second-order valence-corrected chi connectivity index (χ2v) is 20.3. The van der Waals surface area contributed by atoms with Gasteiger partial charge < -0.3 is 33.2 Å². The molecule has 0 N–H and O–H groups in total. The van der Waals surface area contributed by atoms with E-state index in [2.05, 4.69) is 155 Å². The molecule has 0 spiro atoms. The number of ether oxygens (including phenoxy) is 7. The van der Waals surface area contributed by atoms with Gasteiger partial charge in [0.2, 0.25) is 0 Å². The quantitative estimate of drug-likeness (QED) is 0.177. The maximum Gasteiger partial charge on any atom is 0.162 e. The highest BCUT2D eigenvalue weighted by Gasteiger charge is 2.22. The fourth-order valence-corrected chi connectivity index (χ4v) is 6.60. The summed E-state index contributed by atoms with van der Waals surface area (Å²) >= 11 is 0. The minimum Gasteiger partial charge on any atom is -0.495 e. The van der Waals surface area contributed by atoms with Crippen molar-refractivity contribution < 1.29 is 33.2 Å². The lowest BCUT2D eigenvalue weighted by atomic mass is 9.79. The molecule has 0 aromatic heterocycles. The van der Waals surface area contributed by atoms with E-state index in [0.717, 1.165) is 27.8 Å². The number of fused-ring (bicyclic) bond motifs is 1. The van der Waals surface area contributed by atoms with Crippen LogP contribution >= 0.6 is 0 Å². The van der Waals surface area contributed by atoms with Gasteiger partial charge in [0, 0.05) is 27.8 Å². The van der Waals surface area contributed by atoms with Gasteiger partial charge >= 0.3 is 0 Å². The van der Waals surface area contributed by atoms with Crippen molar-refractivity contribution in [2.75, 3.05) is 73.2 Å². The van der Waals surface area contributed by atoms with Crippen molar-refractivity contribution in [3.05, 3.63) is 122 Å². The summed E-state index contributed by atoms with van der Waals surface area (Å²) in [4.78, 5) is 0. The summed E-state index contributed by atoms with van der Waals surface area (Å²) in [6, 6.07) is 23.1. The van der Waals surface area contributed by atoms with Crippen molar-refractivity contribution >= 4 is 0 Å². The average molecular weight is 867 g/mol. The highest BCUT2D eigenvalue weighted by Crippen LogP contribution is 2.33. The van der Waals surface area contributed by atoms with E-state index in [1.165, 1.54) is 22.3 Å². The molecular formula is C57H70O7. The molecule has 1 aliphatic heterocycles. The molecule has 64 heavy (non-hydrogen) atoms. The van der Waals surface area contributed by atoms with E-state index in [1.54, 1.807) is 7.11 Å². The lowest BCUT2D eigenvalue weighted by Crippen LogP contribution is -2.16. The molecule has 340 valence electrons. The van der Waals surface area contributed by atoms with Gasteiger partial charge in [-0.25, -0.2) is 0 Å². The normalized spacial score (nSPS) is 14.9. The first-order valence-electron chi connectivity index (χ1n) is 22.5. The van der Waals surface area contributed by atoms with Gasteiger partial charge in [-0.3, -0.25) is 0 Å². The molecule has 4 aromatic carbocycles. The molecule has 4 aromatic rings. The van der Waals surface area contributed by atoms with E-state index in [-0.39, 0.29) is 21.7 Å². The van der Waals surface area contributed by atoms with Gasteiger partial charge in [-0.15, -0.1) is 0 Å². The van der Waals surface area contributed by atoms with Crippen LogP contribution in [0.3, 0.4) is 0 Å². The predicted molar refractivity (Wildman–Crippen MR) is 259 cm³/mol. The maximum absolute atomic E-state index is 6.18. The lowest BCUT2D eigenvalue weighted by Gasteiger charge is -2.25. The van der Waals surface area contributed by atoms with Crippen LogP contribution in [0.25, 0.3) is 0 Å². The van der Waals surface area contributed by atoms with Crippen molar-refractivity contribution in [3.63, 3.8) is 0 Å².